The zero-order valence-electron chi connectivity index (χ0n) is 22.0. The molecule has 3 rings (SSSR count). The molecule has 0 saturated carbocycles. The topological polar surface area (TPSA) is 153 Å². The maximum absolute atomic E-state index is 13.4. The van der Waals surface area contributed by atoms with Crippen LogP contribution in [-0.2, 0) is 27.3 Å². The van der Waals surface area contributed by atoms with Gasteiger partial charge in [-0.3, -0.25) is 24.4 Å². The third-order valence-electron chi connectivity index (χ3n) is 5.73. The maximum atomic E-state index is 13.4. The van der Waals surface area contributed by atoms with E-state index < -0.39 is 50.6 Å². The molecule has 0 atom stereocenters. The Hall–Kier alpha value is -4.66. The first-order valence-electron chi connectivity index (χ1n) is 11.9. The molecule has 0 aliphatic carbocycles. The number of carbonyl (C=O) groups is 3. The third-order valence-corrected chi connectivity index (χ3v) is 6.85. The van der Waals surface area contributed by atoms with Crippen molar-refractivity contribution in [2.45, 2.75) is 31.5 Å². The van der Waals surface area contributed by atoms with E-state index in [0.29, 0.717) is 11.6 Å². The van der Waals surface area contributed by atoms with Crippen molar-refractivity contribution in [1.29, 1.82) is 0 Å². The number of alkyl halides is 3. The van der Waals surface area contributed by atoms with Crippen molar-refractivity contribution in [2.75, 3.05) is 12.9 Å². The first kappa shape index (κ1) is 30.9. The molecule has 1 heterocycles. The summed E-state index contributed by atoms with van der Waals surface area (Å²) in [4.78, 5) is 51.1. The molecule has 15 heteroatoms. The molecule has 1 aromatic heterocycles. The Morgan fingerprint density at radius 2 is 1.61 bits per heavy atom. The van der Waals surface area contributed by atoms with Crippen LogP contribution in [0.3, 0.4) is 0 Å². The number of halogens is 3. The van der Waals surface area contributed by atoms with Gasteiger partial charge in [0.15, 0.2) is 9.84 Å². The fraction of sp³-hybridized carbons (Fsp3) is 0.231. The van der Waals surface area contributed by atoms with E-state index in [1.165, 1.54) is 44.2 Å². The van der Waals surface area contributed by atoms with E-state index in [-0.39, 0.29) is 35.0 Å². The lowest BCUT2D eigenvalue weighted by atomic mass is 10.1. The van der Waals surface area contributed by atoms with Gasteiger partial charge in [0.05, 0.1) is 22.6 Å². The van der Waals surface area contributed by atoms with Crippen molar-refractivity contribution >= 4 is 27.7 Å². The second-order valence-electron chi connectivity index (χ2n) is 8.64. The Labute approximate surface area is 232 Å². The molecule has 0 aliphatic rings. The summed E-state index contributed by atoms with van der Waals surface area (Å²) in [7, 11) is -3.45. The van der Waals surface area contributed by atoms with Crippen LogP contribution in [0.15, 0.2) is 64.3 Å². The summed E-state index contributed by atoms with van der Waals surface area (Å²) in [6.45, 7) is 2.67. The summed E-state index contributed by atoms with van der Waals surface area (Å²) in [5, 5.41) is 2.48. The number of amides is 3. The Morgan fingerprint density at radius 3 is 2.20 bits per heavy atom. The van der Waals surface area contributed by atoms with Gasteiger partial charge in [0.1, 0.15) is 5.56 Å². The standard InChI is InChI=1S/C26H25F3N4O7S/c1-4-40-25(37)32-31-23(35)20-13-21(22(34)30-14-16-8-10-19(11-9-16)41(3,38)39)24(36)33(15(20)2)18-7-5-6-17(12-18)26(27,28)29/h5-13H,4,14H2,1-3H3,(H,30,34)(H,31,35)(H,32,37). The smallest absolute Gasteiger partial charge is 0.426 e. The monoisotopic (exact) mass is 594 g/mol. The van der Waals surface area contributed by atoms with Gasteiger partial charge >= 0.3 is 12.3 Å². The van der Waals surface area contributed by atoms with Crippen molar-refractivity contribution in [3.05, 3.63) is 92.9 Å². The zero-order chi connectivity index (χ0) is 30.5. The van der Waals surface area contributed by atoms with Gasteiger partial charge in [-0.25, -0.2) is 18.6 Å². The first-order chi connectivity index (χ1) is 19.1. The number of hydrogen-bond donors (Lipinski definition) is 3. The number of ether oxygens (including phenoxy) is 1. The number of sulfone groups is 1. The van der Waals surface area contributed by atoms with Gasteiger partial charge in [-0.15, -0.1) is 0 Å². The molecule has 0 unspecified atom stereocenters. The van der Waals surface area contributed by atoms with E-state index in [9.17, 15) is 40.8 Å². The molecular weight excluding hydrogens is 569 g/mol. The predicted molar refractivity (Wildman–Crippen MR) is 140 cm³/mol. The minimum absolute atomic E-state index is 0.00244. The lowest BCUT2D eigenvalue weighted by Gasteiger charge is -2.18. The zero-order valence-corrected chi connectivity index (χ0v) is 22.8. The SMILES string of the molecule is CCOC(=O)NNC(=O)c1cc(C(=O)NCc2ccc(S(C)(=O)=O)cc2)c(=O)n(-c2cccc(C(F)(F)F)c2)c1C. The normalized spacial score (nSPS) is 11.5. The van der Waals surface area contributed by atoms with Gasteiger partial charge in [-0.2, -0.15) is 13.2 Å². The number of aromatic nitrogens is 1. The van der Waals surface area contributed by atoms with Gasteiger partial charge in [-0.1, -0.05) is 18.2 Å². The number of carbonyl (C=O) groups excluding carboxylic acids is 3. The Balaban J connectivity index is 2.04. The predicted octanol–water partition coefficient (Wildman–Crippen LogP) is 2.89. The number of rotatable bonds is 7. The molecule has 0 fully saturated rings. The third kappa shape index (κ3) is 7.51. The van der Waals surface area contributed by atoms with Crippen LogP contribution < -0.4 is 21.7 Å². The van der Waals surface area contributed by atoms with Crippen LogP contribution in [0.5, 0.6) is 0 Å². The van der Waals surface area contributed by atoms with Crippen molar-refractivity contribution in [1.82, 2.24) is 20.7 Å². The quantitative estimate of drug-likeness (QED) is 0.356. The highest BCUT2D eigenvalue weighted by Gasteiger charge is 2.31. The fourth-order valence-corrected chi connectivity index (χ4v) is 4.33. The number of nitrogens with one attached hydrogen (secondary N) is 3. The van der Waals surface area contributed by atoms with E-state index in [0.717, 1.165) is 29.0 Å². The largest absolute Gasteiger partial charge is 0.449 e. The minimum Gasteiger partial charge on any atom is -0.449 e. The number of nitrogens with zero attached hydrogens (tertiary/aromatic N) is 1. The summed E-state index contributed by atoms with van der Waals surface area (Å²) in [5.41, 5.74) is 1.17. The minimum atomic E-state index is -4.74. The average molecular weight is 595 g/mol. The summed E-state index contributed by atoms with van der Waals surface area (Å²) >= 11 is 0. The summed E-state index contributed by atoms with van der Waals surface area (Å²) < 4.78 is 68.9. The molecule has 11 nitrogen and oxygen atoms in total. The molecule has 3 amide bonds. The Morgan fingerprint density at radius 1 is 0.951 bits per heavy atom. The lowest BCUT2D eigenvalue weighted by Crippen LogP contribution is -2.43. The lowest BCUT2D eigenvalue weighted by molar-refractivity contribution is -0.137. The molecule has 0 saturated heterocycles. The van der Waals surface area contributed by atoms with E-state index in [2.05, 4.69) is 15.5 Å². The van der Waals surface area contributed by atoms with Crippen LogP contribution in [-0.4, -0.2) is 43.8 Å². The van der Waals surface area contributed by atoms with Gasteiger partial charge < -0.3 is 10.1 Å². The molecule has 3 N–H and O–H groups in total. The van der Waals surface area contributed by atoms with Crippen LogP contribution in [0.4, 0.5) is 18.0 Å². The molecule has 3 aromatic rings. The molecule has 41 heavy (non-hydrogen) atoms. The second-order valence-corrected chi connectivity index (χ2v) is 10.7. The Bertz CT molecular complexity index is 1650. The average Bonchev–Trinajstić information content (AvgIpc) is 2.90. The summed E-state index contributed by atoms with van der Waals surface area (Å²) in [5.74, 6) is -1.95. The highest BCUT2D eigenvalue weighted by molar-refractivity contribution is 7.90. The van der Waals surface area contributed by atoms with Gasteiger partial charge in [-0.05, 0) is 55.8 Å². The first-order valence-corrected chi connectivity index (χ1v) is 13.8. The molecular formula is C26H25F3N4O7S. The van der Waals surface area contributed by atoms with Crippen molar-refractivity contribution in [3.8, 4) is 5.69 Å². The van der Waals surface area contributed by atoms with Crippen LogP contribution in [0.2, 0.25) is 0 Å². The highest BCUT2D eigenvalue weighted by Crippen LogP contribution is 2.30. The molecule has 0 spiro atoms. The molecule has 0 bridgehead atoms. The molecule has 0 radical (unpaired) electrons. The van der Waals surface area contributed by atoms with Crippen molar-refractivity contribution in [2.24, 2.45) is 0 Å². The van der Waals surface area contributed by atoms with Gasteiger partial charge in [0, 0.05) is 24.2 Å². The summed E-state index contributed by atoms with van der Waals surface area (Å²) in [6.07, 6.45) is -4.70. The van der Waals surface area contributed by atoms with E-state index in [1.54, 1.807) is 0 Å². The van der Waals surface area contributed by atoms with Crippen LogP contribution >= 0.6 is 0 Å². The van der Waals surface area contributed by atoms with E-state index >= 15 is 0 Å². The van der Waals surface area contributed by atoms with E-state index in [1.807, 2.05) is 5.43 Å². The molecule has 2 aromatic carbocycles. The van der Waals surface area contributed by atoms with Crippen molar-refractivity contribution in [3.63, 3.8) is 0 Å². The van der Waals surface area contributed by atoms with Crippen LogP contribution in [0, 0.1) is 6.92 Å². The highest BCUT2D eigenvalue weighted by atomic mass is 32.2. The summed E-state index contributed by atoms with van der Waals surface area (Å²) in [6, 6.07) is 10.3. The number of benzene rings is 2. The van der Waals surface area contributed by atoms with E-state index in [4.69, 9.17) is 0 Å². The van der Waals surface area contributed by atoms with Crippen LogP contribution in [0.25, 0.3) is 5.69 Å². The second kappa shape index (κ2) is 12.2. The molecule has 0 aliphatic heterocycles. The van der Waals surface area contributed by atoms with Gasteiger partial charge in [0.25, 0.3) is 17.4 Å². The molecule has 218 valence electrons. The maximum Gasteiger partial charge on any atom is 0.426 e. The van der Waals surface area contributed by atoms with Gasteiger partial charge in [0.2, 0.25) is 0 Å². The van der Waals surface area contributed by atoms with Crippen LogP contribution in [0.1, 0.15) is 44.5 Å². The number of hydrogen-bond acceptors (Lipinski definition) is 7. The van der Waals surface area contributed by atoms with Crippen molar-refractivity contribution < 1.29 is 40.7 Å². The fourth-order valence-electron chi connectivity index (χ4n) is 3.70. The number of hydrazine groups is 1. The Kier molecular flexibility index (Phi) is 9.22. The number of pyridine rings is 1.